The van der Waals surface area contributed by atoms with E-state index >= 15 is 0 Å². The van der Waals surface area contributed by atoms with Gasteiger partial charge in [-0.25, -0.2) is 0 Å². The van der Waals surface area contributed by atoms with E-state index in [-0.39, 0.29) is 0 Å². The molecule has 1 aliphatic carbocycles. The van der Waals surface area contributed by atoms with Crippen LogP contribution in [0.3, 0.4) is 0 Å². The van der Waals surface area contributed by atoms with Crippen LogP contribution in [0.25, 0.3) is 0 Å². The molecule has 0 heterocycles. The molecule has 0 spiro atoms. The monoisotopic (exact) mass is 246 g/mol. The minimum absolute atomic E-state index is 0.445. The fourth-order valence-corrected chi connectivity index (χ4v) is 2.52. The van der Waals surface area contributed by atoms with Crippen LogP contribution in [0.15, 0.2) is 35.9 Å². The molecule has 0 aromatic heterocycles. The van der Waals surface area contributed by atoms with Crippen LogP contribution in [-0.4, -0.2) is 12.2 Å². The second kappa shape index (κ2) is 6.72. The lowest BCUT2D eigenvalue weighted by Gasteiger charge is -2.15. The number of allylic oxidation sites excluding steroid dienone is 1. The number of aliphatic hydroxyl groups excluding tert-OH is 1. The summed E-state index contributed by atoms with van der Waals surface area (Å²) in [5.41, 5.74) is 3.28. The van der Waals surface area contributed by atoms with Gasteiger partial charge in [-0.1, -0.05) is 36.8 Å². The van der Waals surface area contributed by atoms with Gasteiger partial charge in [0.1, 0.15) is 6.10 Å². The zero-order chi connectivity index (χ0) is 12.8. The summed E-state index contributed by atoms with van der Waals surface area (Å²) < 4.78 is 5.13. The Morgan fingerprint density at radius 3 is 3.00 bits per heavy atom. The third kappa shape index (κ3) is 3.44. The smallest absolute Gasteiger partial charge is 0.100 e. The Morgan fingerprint density at radius 1 is 1.28 bits per heavy atom. The summed E-state index contributed by atoms with van der Waals surface area (Å²) in [4.78, 5) is 0. The number of methoxy groups -OCH3 is 1. The number of aliphatic hydroxyl groups is 1. The van der Waals surface area contributed by atoms with E-state index in [0.29, 0.717) is 6.61 Å². The molecule has 0 fully saturated rings. The molecule has 1 N–H and O–H groups in total. The van der Waals surface area contributed by atoms with Gasteiger partial charge in [-0.05, 0) is 42.4 Å². The Labute approximate surface area is 109 Å². The first-order valence-corrected chi connectivity index (χ1v) is 6.76. The molecule has 18 heavy (non-hydrogen) atoms. The van der Waals surface area contributed by atoms with Gasteiger partial charge >= 0.3 is 0 Å². The predicted octanol–water partition coefficient (Wildman–Crippen LogP) is 3.76. The van der Waals surface area contributed by atoms with E-state index in [1.165, 1.54) is 24.8 Å². The van der Waals surface area contributed by atoms with Gasteiger partial charge in [0.25, 0.3) is 0 Å². The summed E-state index contributed by atoms with van der Waals surface area (Å²) in [7, 11) is 1.69. The van der Waals surface area contributed by atoms with Crippen LogP contribution >= 0.6 is 0 Å². The first-order chi connectivity index (χ1) is 8.81. The van der Waals surface area contributed by atoms with Crippen LogP contribution in [0.1, 0.15) is 49.3 Å². The maximum absolute atomic E-state index is 10.5. The molecule has 0 bridgehead atoms. The average molecular weight is 246 g/mol. The summed E-state index contributed by atoms with van der Waals surface area (Å²) >= 11 is 0. The van der Waals surface area contributed by atoms with E-state index in [4.69, 9.17) is 4.74 Å². The summed E-state index contributed by atoms with van der Waals surface area (Å²) in [6, 6.07) is 8.06. The van der Waals surface area contributed by atoms with Crippen molar-refractivity contribution in [1.29, 1.82) is 0 Å². The topological polar surface area (TPSA) is 29.5 Å². The maximum Gasteiger partial charge on any atom is 0.100 e. The standard InChI is InChI=1S/C16H22O2/c1-18-12-13-7-6-10-15(11-13)16(17)14-8-4-2-3-5-9-14/h6-8,10-11,16-17H,2-5,9,12H2,1H3. The first-order valence-electron chi connectivity index (χ1n) is 6.76. The van der Waals surface area contributed by atoms with Gasteiger partial charge in [-0.15, -0.1) is 0 Å². The van der Waals surface area contributed by atoms with Crippen LogP contribution in [0.4, 0.5) is 0 Å². The van der Waals surface area contributed by atoms with Crippen LogP contribution < -0.4 is 0 Å². The van der Waals surface area contributed by atoms with E-state index in [2.05, 4.69) is 6.08 Å². The van der Waals surface area contributed by atoms with Crippen LogP contribution in [0.5, 0.6) is 0 Å². The molecule has 98 valence electrons. The number of rotatable bonds is 4. The van der Waals surface area contributed by atoms with Crippen LogP contribution in [0.2, 0.25) is 0 Å². The molecule has 0 radical (unpaired) electrons. The number of hydrogen-bond acceptors (Lipinski definition) is 2. The van der Waals surface area contributed by atoms with Gasteiger partial charge in [0.2, 0.25) is 0 Å². The Kier molecular flexibility index (Phi) is 4.97. The Bertz CT molecular complexity index is 409. The Morgan fingerprint density at radius 2 is 2.17 bits per heavy atom. The normalized spacial score (nSPS) is 18.0. The second-order valence-corrected chi connectivity index (χ2v) is 4.96. The van der Waals surface area contributed by atoms with Crippen molar-refractivity contribution in [1.82, 2.24) is 0 Å². The van der Waals surface area contributed by atoms with Crippen molar-refractivity contribution >= 4 is 0 Å². The Hall–Kier alpha value is -1.12. The van der Waals surface area contributed by atoms with E-state index < -0.39 is 6.10 Å². The predicted molar refractivity (Wildman–Crippen MR) is 73.3 cm³/mol. The first kappa shape index (κ1) is 13.3. The van der Waals surface area contributed by atoms with Crippen molar-refractivity contribution in [3.63, 3.8) is 0 Å². The molecule has 1 aromatic rings. The molecule has 0 saturated carbocycles. The third-order valence-electron chi connectivity index (χ3n) is 3.51. The van der Waals surface area contributed by atoms with E-state index in [1.807, 2.05) is 24.3 Å². The fourth-order valence-electron chi connectivity index (χ4n) is 2.52. The quantitative estimate of drug-likeness (QED) is 0.820. The van der Waals surface area contributed by atoms with Crippen molar-refractivity contribution < 1.29 is 9.84 Å². The molecule has 0 saturated heterocycles. The van der Waals surface area contributed by atoms with Crippen LogP contribution in [0, 0.1) is 0 Å². The minimum atomic E-state index is -0.445. The van der Waals surface area contributed by atoms with Crippen molar-refractivity contribution in [2.24, 2.45) is 0 Å². The van der Waals surface area contributed by atoms with Gasteiger partial charge in [0.15, 0.2) is 0 Å². The van der Waals surface area contributed by atoms with Crippen molar-refractivity contribution in [2.75, 3.05) is 7.11 Å². The molecule has 1 unspecified atom stereocenters. The van der Waals surface area contributed by atoms with E-state index in [0.717, 1.165) is 24.0 Å². The van der Waals surface area contributed by atoms with Gasteiger partial charge in [-0.2, -0.15) is 0 Å². The number of hydrogen-bond donors (Lipinski definition) is 1. The van der Waals surface area contributed by atoms with Crippen molar-refractivity contribution in [3.8, 4) is 0 Å². The fraction of sp³-hybridized carbons (Fsp3) is 0.500. The summed E-state index contributed by atoms with van der Waals surface area (Å²) in [6.45, 7) is 0.597. The zero-order valence-corrected chi connectivity index (χ0v) is 11.1. The highest BCUT2D eigenvalue weighted by molar-refractivity contribution is 5.30. The maximum atomic E-state index is 10.5. The highest BCUT2D eigenvalue weighted by Crippen LogP contribution is 2.29. The Balaban J connectivity index is 2.14. The van der Waals surface area contributed by atoms with Gasteiger partial charge < -0.3 is 9.84 Å². The zero-order valence-electron chi connectivity index (χ0n) is 11.1. The molecule has 1 atom stereocenters. The van der Waals surface area contributed by atoms with Gasteiger partial charge in [0, 0.05) is 7.11 Å². The second-order valence-electron chi connectivity index (χ2n) is 4.96. The van der Waals surface area contributed by atoms with E-state index in [1.54, 1.807) is 7.11 Å². The summed E-state index contributed by atoms with van der Waals surface area (Å²) in [5.74, 6) is 0. The summed E-state index contributed by atoms with van der Waals surface area (Å²) in [6.07, 6.45) is 7.62. The minimum Gasteiger partial charge on any atom is -0.384 e. The molecular weight excluding hydrogens is 224 g/mol. The lowest BCUT2D eigenvalue weighted by molar-refractivity contribution is 0.183. The molecular formula is C16H22O2. The lowest BCUT2D eigenvalue weighted by Crippen LogP contribution is -2.02. The van der Waals surface area contributed by atoms with Crippen molar-refractivity contribution in [2.45, 2.75) is 44.8 Å². The molecule has 0 amide bonds. The molecule has 0 aliphatic heterocycles. The molecule has 2 heteroatoms. The molecule has 2 rings (SSSR count). The highest BCUT2D eigenvalue weighted by Gasteiger charge is 2.14. The molecule has 1 aromatic carbocycles. The number of ether oxygens (including phenoxy) is 1. The van der Waals surface area contributed by atoms with E-state index in [9.17, 15) is 5.11 Å². The molecule has 2 nitrogen and oxygen atoms in total. The van der Waals surface area contributed by atoms with Crippen molar-refractivity contribution in [3.05, 3.63) is 47.0 Å². The summed E-state index contributed by atoms with van der Waals surface area (Å²) in [5, 5.41) is 10.5. The highest BCUT2D eigenvalue weighted by atomic mass is 16.5. The SMILES string of the molecule is COCc1cccc(C(O)C2=CCCCCC2)c1. The lowest BCUT2D eigenvalue weighted by atomic mass is 9.96. The number of benzene rings is 1. The average Bonchev–Trinajstić information content (AvgIpc) is 2.67. The largest absolute Gasteiger partial charge is 0.384 e. The molecule has 1 aliphatic rings. The third-order valence-corrected chi connectivity index (χ3v) is 3.51. The van der Waals surface area contributed by atoms with Crippen LogP contribution in [-0.2, 0) is 11.3 Å². The van der Waals surface area contributed by atoms with Gasteiger partial charge in [-0.3, -0.25) is 0 Å². The van der Waals surface area contributed by atoms with Gasteiger partial charge in [0.05, 0.1) is 6.61 Å².